The normalized spacial score (nSPS) is 14.9. The lowest BCUT2D eigenvalue weighted by atomic mass is 9.85. The van der Waals surface area contributed by atoms with Crippen molar-refractivity contribution in [3.63, 3.8) is 0 Å². The number of phenols is 1. The van der Waals surface area contributed by atoms with E-state index in [0.29, 0.717) is 17.2 Å². The molecule has 0 bridgehead atoms. The van der Waals surface area contributed by atoms with Gasteiger partial charge in [-0.1, -0.05) is 30.3 Å². The van der Waals surface area contributed by atoms with Gasteiger partial charge < -0.3 is 19.9 Å². The van der Waals surface area contributed by atoms with Gasteiger partial charge in [-0.2, -0.15) is 14.9 Å². The zero-order valence-corrected chi connectivity index (χ0v) is 18.8. The minimum Gasteiger partial charge on any atom is -0.502 e. The van der Waals surface area contributed by atoms with E-state index in [1.807, 2.05) is 37.3 Å². The molecule has 5 rings (SSSR count). The number of aryl methyl sites for hydroxylation is 1. The van der Waals surface area contributed by atoms with E-state index in [1.54, 1.807) is 18.3 Å². The summed E-state index contributed by atoms with van der Waals surface area (Å²) in [5.41, 5.74) is 3.81. The Kier molecular flexibility index (Phi) is 5.33. The maximum atomic E-state index is 12.7. The third-order valence-corrected chi connectivity index (χ3v) is 5.81. The van der Waals surface area contributed by atoms with Gasteiger partial charge in [0.2, 0.25) is 11.7 Å². The average Bonchev–Trinajstić information content (AvgIpc) is 3.20. The number of fused-ring (bicyclic) bond motifs is 1. The van der Waals surface area contributed by atoms with Gasteiger partial charge in [0.05, 0.1) is 31.8 Å². The van der Waals surface area contributed by atoms with Crippen molar-refractivity contribution in [2.45, 2.75) is 19.3 Å². The SMILES string of the molecule is COc1cc(C2CC(=O)Nc3c2c(C)nn3-c2nncc(-c3ccccc3)n2)cc(OC)c1O. The second kappa shape index (κ2) is 8.47. The van der Waals surface area contributed by atoms with Crippen LogP contribution in [-0.4, -0.2) is 50.2 Å². The summed E-state index contributed by atoms with van der Waals surface area (Å²) in [4.78, 5) is 17.4. The molecule has 0 saturated heterocycles. The maximum Gasteiger partial charge on any atom is 0.272 e. The van der Waals surface area contributed by atoms with Gasteiger partial charge in [0, 0.05) is 23.5 Å². The third kappa shape index (κ3) is 3.58. The number of carbonyl (C=O) groups is 1. The Morgan fingerprint density at radius 2 is 1.82 bits per heavy atom. The summed E-state index contributed by atoms with van der Waals surface area (Å²) in [5.74, 6) is 0.621. The second-order valence-corrected chi connectivity index (χ2v) is 7.85. The highest BCUT2D eigenvalue weighted by molar-refractivity contribution is 5.95. The zero-order valence-electron chi connectivity index (χ0n) is 18.8. The number of carbonyl (C=O) groups excluding carboxylic acids is 1. The summed E-state index contributed by atoms with van der Waals surface area (Å²) in [5, 5.41) is 26.1. The number of anilines is 1. The number of aromatic nitrogens is 5. The number of rotatable bonds is 5. The third-order valence-electron chi connectivity index (χ3n) is 5.81. The Balaban J connectivity index is 1.63. The molecule has 0 fully saturated rings. The minimum atomic E-state index is -0.342. The van der Waals surface area contributed by atoms with Gasteiger partial charge in [-0.3, -0.25) is 4.79 Å². The molecule has 0 saturated carbocycles. The summed E-state index contributed by atoms with van der Waals surface area (Å²) < 4.78 is 12.1. The van der Waals surface area contributed by atoms with Crippen molar-refractivity contribution in [1.29, 1.82) is 0 Å². The molecule has 1 aliphatic rings. The number of nitrogens with one attached hydrogen (secondary N) is 1. The van der Waals surface area contributed by atoms with Gasteiger partial charge >= 0.3 is 0 Å². The molecular formula is C24H22N6O4. The molecule has 0 spiro atoms. The van der Waals surface area contributed by atoms with Gasteiger partial charge in [-0.15, -0.1) is 5.10 Å². The van der Waals surface area contributed by atoms with Gasteiger partial charge in [-0.05, 0) is 24.6 Å². The average molecular weight is 458 g/mol. The molecule has 10 nitrogen and oxygen atoms in total. The minimum absolute atomic E-state index is 0.0983. The van der Waals surface area contributed by atoms with Crippen molar-refractivity contribution in [1.82, 2.24) is 25.0 Å². The van der Waals surface area contributed by atoms with E-state index in [4.69, 9.17) is 9.47 Å². The number of hydrogen-bond acceptors (Lipinski definition) is 8. The van der Waals surface area contributed by atoms with Crippen LogP contribution < -0.4 is 14.8 Å². The highest BCUT2D eigenvalue weighted by Gasteiger charge is 2.34. The molecule has 4 aromatic rings. The van der Waals surface area contributed by atoms with Crippen molar-refractivity contribution in [3.8, 4) is 34.5 Å². The quantitative estimate of drug-likeness (QED) is 0.467. The molecule has 0 aliphatic carbocycles. The van der Waals surface area contributed by atoms with Crippen molar-refractivity contribution >= 4 is 11.7 Å². The molecule has 10 heteroatoms. The summed E-state index contributed by atoms with van der Waals surface area (Å²) in [6.07, 6.45) is 1.78. The highest BCUT2D eigenvalue weighted by Crippen LogP contribution is 2.45. The van der Waals surface area contributed by atoms with Crippen LogP contribution in [0.4, 0.5) is 5.82 Å². The fourth-order valence-electron chi connectivity index (χ4n) is 4.22. The van der Waals surface area contributed by atoms with Crippen LogP contribution in [0.2, 0.25) is 0 Å². The van der Waals surface area contributed by atoms with Crippen molar-refractivity contribution in [2.75, 3.05) is 19.5 Å². The van der Waals surface area contributed by atoms with Crippen molar-refractivity contribution < 1.29 is 19.4 Å². The Bertz CT molecular complexity index is 1360. The van der Waals surface area contributed by atoms with Crippen LogP contribution in [-0.2, 0) is 4.79 Å². The first kappa shape index (κ1) is 21.4. The smallest absolute Gasteiger partial charge is 0.272 e. The monoisotopic (exact) mass is 458 g/mol. The van der Waals surface area contributed by atoms with E-state index in [-0.39, 0.29) is 41.4 Å². The van der Waals surface area contributed by atoms with E-state index in [9.17, 15) is 9.90 Å². The summed E-state index contributed by atoms with van der Waals surface area (Å²) in [6.45, 7) is 1.86. The number of benzene rings is 2. The fourth-order valence-corrected chi connectivity index (χ4v) is 4.22. The number of amides is 1. The van der Waals surface area contributed by atoms with E-state index < -0.39 is 0 Å². The lowest BCUT2D eigenvalue weighted by Gasteiger charge is -2.25. The molecule has 1 atom stereocenters. The molecule has 2 aromatic carbocycles. The van der Waals surface area contributed by atoms with Crippen molar-refractivity contribution in [3.05, 3.63) is 65.5 Å². The van der Waals surface area contributed by atoms with Crippen LogP contribution >= 0.6 is 0 Å². The van der Waals surface area contributed by atoms with Crippen LogP contribution in [0.25, 0.3) is 17.2 Å². The molecular weight excluding hydrogens is 436 g/mol. The van der Waals surface area contributed by atoms with Gasteiger partial charge in [-0.25, -0.2) is 4.98 Å². The predicted molar refractivity (Wildman–Crippen MR) is 123 cm³/mol. The van der Waals surface area contributed by atoms with Gasteiger partial charge in [0.15, 0.2) is 11.5 Å². The largest absolute Gasteiger partial charge is 0.502 e. The van der Waals surface area contributed by atoms with Gasteiger partial charge in [0.25, 0.3) is 5.95 Å². The Hall–Kier alpha value is -4.47. The first-order valence-corrected chi connectivity index (χ1v) is 10.6. The molecule has 2 N–H and O–H groups in total. The molecule has 1 amide bonds. The Morgan fingerprint density at radius 1 is 1.12 bits per heavy atom. The van der Waals surface area contributed by atoms with Crippen LogP contribution in [0.15, 0.2) is 48.7 Å². The van der Waals surface area contributed by atoms with Crippen molar-refractivity contribution in [2.24, 2.45) is 0 Å². The van der Waals surface area contributed by atoms with Crippen LogP contribution in [0.3, 0.4) is 0 Å². The molecule has 0 radical (unpaired) electrons. The molecule has 2 aromatic heterocycles. The maximum absolute atomic E-state index is 12.7. The Morgan fingerprint density at radius 3 is 2.50 bits per heavy atom. The van der Waals surface area contributed by atoms with Crippen LogP contribution in [0, 0.1) is 6.92 Å². The molecule has 34 heavy (non-hydrogen) atoms. The number of phenolic OH excluding ortho intramolecular Hbond substituents is 1. The summed E-state index contributed by atoms with van der Waals surface area (Å²) in [7, 11) is 2.93. The number of methoxy groups -OCH3 is 2. The lowest BCUT2D eigenvalue weighted by Crippen LogP contribution is -2.25. The predicted octanol–water partition coefficient (Wildman–Crippen LogP) is 3.23. The van der Waals surface area contributed by atoms with Crippen LogP contribution in [0.5, 0.6) is 17.2 Å². The number of hydrogen-bond donors (Lipinski definition) is 2. The van der Waals surface area contributed by atoms with E-state index in [0.717, 1.165) is 16.7 Å². The summed E-state index contributed by atoms with van der Waals surface area (Å²) in [6, 6.07) is 13.0. The molecule has 1 aliphatic heterocycles. The van der Waals surface area contributed by atoms with E-state index in [2.05, 4.69) is 25.6 Å². The summed E-state index contributed by atoms with van der Waals surface area (Å²) >= 11 is 0. The number of nitrogens with zero attached hydrogens (tertiary/aromatic N) is 5. The topological polar surface area (TPSA) is 124 Å². The number of ether oxygens (including phenoxy) is 2. The van der Waals surface area contributed by atoms with Crippen LogP contribution in [0.1, 0.15) is 29.2 Å². The van der Waals surface area contributed by atoms with E-state index in [1.165, 1.54) is 18.9 Å². The fraction of sp³-hybridized carbons (Fsp3) is 0.208. The molecule has 172 valence electrons. The first-order valence-electron chi connectivity index (χ1n) is 10.6. The zero-order chi connectivity index (χ0) is 23.8. The molecule has 1 unspecified atom stereocenters. The lowest BCUT2D eigenvalue weighted by molar-refractivity contribution is -0.116. The first-order chi connectivity index (χ1) is 16.5. The number of aromatic hydroxyl groups is 1. The Labute approximate surface area is 195 Å². The second-order valence-electron chi connectivity index (χ2n) is 7.85. The standard InChI is InChI=1S/C24H22N6O4/c1-13-21-16(15-9-18(33-2)22(32)19(10-15)34-3)11-20(31)27-23(21)30(29-13)24-26-17(12-25-28-24)14-7-5-4-6-8-14/h4-10,12,16,32H,11H2,1-3H3,(H,27,31). The molecule has 3 heterocycles. The van der Waals surface area contributed by atoms with Gasteiger partial charge in [0.1, 0.15) is 5.82 Å². The van der Waals surface area contributed by atoms with E-state index >= 15 is 0 Å². The highest BCUT2D eigenvalue weighted by atomic mass is 16.5.